The molecule has 0 N–H and O–H groups in total. The summed E-state index contributed by atoms with van der Waals surface area (Å²) in [7, 11) is -1.68. The monoisotopic (exact) mass is 265 g/mol. The van der Waals surface area contributed by atoms with Crippen molar-refractivity contribution in [3.8, 4) is 0 Å². The van der Waals surface area contributed by atoms with Crippen molar-refractivity contribution in [2.45, 2.75) is 19.9 Å². The molecule has 92 valence electrons. The lowest BCUT2D eigenvalue weighted by Gasteiger charge is -2.15. The van der Waals surface area contributed by atoms with Gasteiger partial charge in [-0.05, 0) is 25.5 Å². The molecule has 0 amide bonds. The third-order valence-corrected chi connectivity index (χ3v) is 4.34. The molecule has 0 aliphatic rings. The highest BCUT2D eigenvalue weighted by Gasteiger charge is 2.18. The van der Waals surface area contributed by atoms with Crippen molar-refractivity contribution in [2.24, 2.45) is 0 Å². The van der Waals surface area contributed by atoms with E-state index in [1.807, 2.05) is 13.0 Å². The summed E-state index contributed by atoms with van der Waals surface area (Å²) in [5, 5.41) is 0. The largest absolute Gasteiger partial charge is 0.465 e. The predicted molar refractivity (Wildman–Crippen MR) is 64.0 cm³/mol. The summed E-state index contributed by atoms with van der Waals surface area (Å²) in [6, 6.07) is 3.59. The highest BCUT2D eigenvalue weighted by atomic mass is 35.5. The molecule has 1 aromatic heterocycles. The molecule has 1 rings (SSSR count). The second kappa shape index (κ2) is 5.70. The molecule has 0 saturated heterocycles. The maximum absolute atomic E-state index is 11.7. The van der Waals surface area contributed by atoms with Gasteiger partial charge in [0.2, 0.25) is 10.0 Å². The molecule has 0 aliphatic carbocycles. The molecular weight excluding hydrogens is 250 g/mol. The summed E-state index contributed by atoms with van der Waals surface area (Å²) in [6.45, 7) is 2.09. The molecule has 16 heavy (non-hydrogen) atoms. The maximum atomic E-state index is 11.7. The summed E-state index contributed by atoms with van der Waals surface area (Å²) in [5.74, 6) is 1.86. The topological polar surface area (TPSA) is 50.5 Å². The third kappa shape index (κ3) is 3.81. The van der Waals surface area contributed by atoms with Gasteiger partial charge in [0.05, 0.1) is 12.3 Å². The summed E-state index contributed by atoms with van der Waals surface area (Å²) in [4.78, 5) is 0. The van der Waals surface area contributed by atoms with Crippen molar-refractivity contribution in [2.75, 3.05) is 18.7 Å². The van der Waals surface area contributed by atoms with Gasteiger partial charge in [-0.1, -0.05) is 0 Å². The fourth-order valence-corrected chi connectivity index (χ4v) is 2.72. The van der Waals surface area contributed by atoms with Crippen LogP contribution in [-0.4, -0.2) is 31.4 Å². The van der Waals surface area contributed by atoms with Gasteiger partial charge in [0.25, 0.3) is 0 Å². The zero-order valence-corrected chi connectivity index (χ0v) is 11.0. The highest BCUT2D eigenvalue weighted by molar-refractivity contribution is 7.89. The number of rotatable bonds is 6. The summed E-state index contributed by atoms with van der Waals surface area (Å²) in [5.41, 5.74) is 0. The number of alkyl halides is 1. The number of halogens is 1. The average molecular weight is 266 g/mol. The number of furan rings is 1. The first kappa shape index (κ1) is 13.5. The Balaban J connectivity index is 2.61. The normalized spacial score (nSPS) is 12.2. The zero-order chi connectivity index (χ0) is 12.2. The van der Waals surface area contributed by atoms with E-state index in [0.29, 0.717) is 18.1 Å². The van der Waals surface area contributed by atoms with Gasteiger partial charge in [-0.2, -0.15) is 4.31 Å². The van der Waals surface area contributed by atoms with Crippen LogP contribution >= 0.6 is 11.6 Å². The van der Waals surface area contributed by atoms with Crippen LogP contribution in [0, 0.1) is 6.92 Å². The van der Waals surface area contributed by atoms with Crippen LogP contribution in [0.1, 0.15) is 17.9 Å². The first-order chi connectivity index (χ1) is 7.45. The fourth-order valence-electron chi connectivity index (χ4n) is 1.28. The average Bonchev–Trinajstić information content (AvgIpc) is 2.61. The van der Waals surface area contributed by atoms with Crippen LogP contribution in [0.5, 0.6) is 0 Å². The smallest absolute Gasteiger partial charge is 0.214 e. The minimum atomic E-state index is -3.22. The van der Waals surface area contributed by atoms with E-state index in [-0.39, 0.29) is 12.3 Å². The Morgan fingerprint density at radius 3 is 2.62 bits per heavy atom. The lowest BCUT2D eigenvalue weighted by Crippen LogP contribution is -2.28. The molecule has 0 aliphatic heterocycles. The standard InChI is InChI=1S/C10H16ClNO3S/c1-9-4-5-10(15-9)8-12(2)16(13,14)7-3-6-11/h4-5H,3,6-8H2,1-2H3. The molecule has 0 fully saturated rings. The quantitative estimate of drug-likeness (QED) is 0.739. The molecular formula is C10H16ClNO3S. The summed E-state index contributed by atoms with van der Waals surface area (Å²) >= 11 is 5.47. The Labute approximate surface area is 101 Å². The maximum Gasteiger partial charge on any atom is 0.214 e. The second-order valence-electron chi connectivity index (χ2n) is 3.63. The van der Waals surface area contributed by atoms with E-state index < -0.39 is 10.0 Å². The van der Waals surface area contributed by atoms with Gasteiger partial charge in [-0.25, -0.2) is 8.42 Å². The van der Waals surface area contributed by atoms with Gasteiger partial charge < -0.3 is 4.42 Å². The summed E-state index contributed by atoms with van der Waals surface area (Å²) in [6.07, 6.45) is 0.464. The number of aryl methyl sites for hydroxylation is 1. The Morgan fingerprint density at radius 2 is 2.12 bits per heavy atom. The number of hydrogen-bond donors (Lipinski definition) is 0. The molecule has 4 nitrogen and oxygen atoms in total. The minimum Gasteiger partial charge on any atom is -0.465 e. The van der Waals surface area contributed by atoms with E-state index in [2.05, 4.69) is 0 Å². The number of sulfonamides is 1. The molecule has 1 heterocycles. The first-order valence-corrected chi connectivity index (χ1v) is 7.15. The SMILES string of the molecule is Cc1ccc(CN(C)S(=O)(=O)CCCCl)o1. The molecule has 0 aromatic carbocycles. The van der Waals surface area contributed by atoms with E-state index in [9.17, 15) is 8.42 Å². The lowest BCUT2D eigenvalue weighted by atomic mass is 10.4. The van der Waals surface area contributed by atoms with Crippen molar-refractivity contribution in [3.05, 3.63) is 23.7 Å². The van der Waals surface area contributed by atoms with Crippen molar-refractivity contribution >= 4 is 21.6 Å². The van der Waals surface area contributed by atoms with Crippen LogP contribution in [0.3, 0.4) is 0 Å². The van der Waals surface area contributed by atoms with E-state index in [1.165, 1.54) is 4.31 Å². The van der Waals surface area contributed by atoms with Crippen LogP contribution < -0.4 is 0 Å². The van der Waals surface area contributed by atoms with Gasteiger partial charge in [-0.15, -0.1) is 11.6 Å². The Bertz CT molecular complexity index is 427. The highest BCUT2D eigenvalue weighted by Crippen LogP contribution is 2.11. The van der Waals surface area contributed by atoms with Gasteiger partial charge in [0.15, 0.2) is 0 Å². The first-order valence-electron chi connectivity index (χ1n) is 5.01. The van der Waals surface area contributed by atoms with Crippen molar-refractivity contribution in [1.82, 2.24) is 4.31 Å². The van der Waals surface area contributed by atoms with Gasteiger partial charge >= 0.3 is 0 Å². The number of hydrogen-bond acceptors (Lipinski definition) is 3. The molecule has 0 bridgehead atoms. The molecule has 0 unspecified atom stereocenters. The minimum absolute atomic E-state index is 0.0761. The van der Waals surface area contributed by atoms with Gasteiger partial charge in [0.1, 0.15) is 11.5 Å². The van der Waals surface area contributed by atoms with Crippen molar-refractivity contribution < 1.29 is 12.8 Å². The van der Waals surface area contributed by atoms with E-state index in [0.717, 1.165) is 5.76 Å². The zero-order valence-electron chi connectivity index (χ0n) is 9.44. The fraction of sp³-hybridized carbons (Fsp3) is 0.600. The van der Waals surface area contributed by atoms with Crippen molar-refractivity contribution in [3.63, 3.8) is 0 Å². The Hall–Kier alpha value is -0.520. The third-order valence-electron chi connectivity index (χ3n) is 2.19. The molecule has 0 saturated carbocycles. The van der Waals surface area contributed by atoms with Crippen LogP contribution in [-0.2, 0) is 16.6 Å². The van der Waals surface area contributed by atoms with Crippen molar-refractivity contribution in [1.29, 1.82) is 0 Å². The van der Waals surface area contributed by atoms with Gasteiger partial charge in [0, 0.05) is 12.9 Å². The Kier molecular flexibility index (Phi) is 4.83. The molecule has 0 radical (unpaired) electrons. The molecule has 0 atom stereocenters. The van der Waals surface area contributed by atoms with Crippen LogP contribution in [0.2, 0.25) is 0 Å². The van der Waals surface area contributed by atoms with Gasteiger partial charge in [-0.3, -0.25) is 0 Å². The van der Waals surface area contributed by atoms with E-state index >= 15 is 0 Å². The lowest BCUT2D eigenvalue weighted by molar-refractivity contribution is 0.397. The molecule has 1 aromatic rings. The van der Waals surface area contributed by atoms with Crippen LogP contribution in [0.4, 0.5) is 0 Å². The van der Waals surface area contributed by atoms with Crippen LogP contribution in [0.15, 0.2) is 16.5 Å². The molecule has 0 spiro atoms. The number of nitrogens with zero attached hydrogens (tertiary/aromatic N) is 1. The second-order valence-corrected chi connectivity index (χ2v) is 6.20. The predicted octanol–water partition coefficient (Wildman–Crippen LogP) is 1.98. The molecule has 6 heteroatoms. The van der Waals surface area contributed by atoms with E-state index in [1.54, 1.807) is 13.1 Å². The Morgan fingerprint density at radius 1 is 1.44 bits per heavy atom. The summed E-state index contributed by atoms with van der Waals surface area (Å²) < 4.78 is 30.1. The van der Waals surface area contributed by atoms with Crippen LogP contribution in [0.25, 0.3) is 0 Å². The van der Waals surface area contributed by atoms with E-state index in [4.69, 9.17) is 16.0 Å².